The normalized spacial score (nSPS) is 15.3. The highest BCUT2D eigenvalue weighted by Gasteiger charge is 2.29. The van der Waals surface area contributed by atoms with Gasteiger partial charge in [-0.05, 0) is 0 Å². The van der Waals surface area contributed by atoms with Gasteiger partial charge in [0.15, 0.2) is 17.7 Å². The molecule has 0 aliphatic carbocycles. The summed E-state index contributed by atoms with van der Waals surface area (Å²) in [7, 11) is 0. The highest BCUT2D eigenvalue weighted by atomic mass is 16.6. The smallest absolute Gasteiger partial charge is 0.331 e. The Labute approximate surface area is 116 Å². The van der Waals surface area contributed by atoms with Gasteiger partial charge in [0.25, 0.3) is 0 Å². The fourth-order valence-electron chi connectivity index (χ4n) is 2.46. The van der Waals surface area contributed by atoms with E-state index in [0.29, 0.717) is 11.4 Å². The zero-order valence-electron chi connectivity index (χ0n) is 10.9. The van der Waals surface area contributed by atoms with Crippen LogP contribution in [-0.4, -0.2) is 31.1 Å². The van der Waals surface area contributed by atoms with Crippen LogP contribution in [0.4, 0.5) is 11.4 Å². The molecule has 0 atom stereocenters. The second-order valence-corrected chi connectivity index (χ2v) is 4.66. The summed E-state index contributed by atoms with van der Waals surface area (Å²) in [6.07, 6.45) is 1.24. The van der Waals surface area contributed by atoms with Crippen molar-refractivity contribution in [2.24, 2.45) is 0 Å². The zero-order valence-corrected chi connectivity index (χ0v) is 10.9. The molecule has 0 saturated carbocycles. The SMILES string of the molecule is O=[N+]([O-])c1coc(-c2ccccc2)c1N1CCNCC1. The number of benzene rings is 1. The summed E-state index contributed by atoms with van der Waals surface area (Å²) in [6, 6.07) is 9.49. The van der Waals surface area contributed by atoms with Crippen LogP contribution in [0.25, 0.3) is 11.3 Å². The Morgan fingerprint density at radius 2 is 1.90 bits per heavy atom. The molecular weight excluding hydrogens is 258 g/mol. The maximum atomic E-state index is 11.2. The van der Waals surface area contributed by atoms with Crippen LogP contribution in [0.1, 0.15) is 0 Å². The minimum atomic E-state index is -0.382. The first-order valence-corrected chi connectivity index (χ1v) is 6.54. The summed E-state index contributed by atoms with van der Waals surface area (Å²) in [5, 5.41) is 14.5. The molecule has 1 aliphatic rings. The van der Waals surface area contributed by atoms with Crippen LogP contribution < -0.4 is 10.2 Å². The molecule has 1 saturated heterocycles. The Morgan fingerprint density at radius 3 is 2.55 bits per heavy atom. The molecule has 0 unspecified atom stereocenters. The quantitative estimate of drug-likeness (QED) is 0.686. The fraction of sp³-hybridized carbons (Fsp3) is 0.286. The minimum Gasteiger partial charge on any atom is -0.455 e. The average molecular weight is 273 g/mol. The van der Waals surface area contributed by atoms with E-state index in [4.69, 9.17) is 4.42 Å². The molecule has 0 spiro atoms. The largest absolute Gasteiger partial charge is 0.455 e. The van der Waals surface area contributed by atoms with Gasteiger partial charge in [-0.3, -0.25) is 10.1 Å². The fourth-order valence-corrected chi connectivity index (χ4v) is 2.46. The number of piperazine rings is 1. The first kappa shape index (κ1) is 12.7. The van der Waals surface area contributed by atoms with Gasteiger partial charge < -0.3 is 14.6 Å². The number of furan rings is 1. The zero-order chi connectivity index (χ0) is 13.9. The Balaban J connectivity index is 2.08. The lowest BCUT2D eigenvalue weighted by molar-refractivity contribution is -0.384. The lowest BCUT2D eigenvalue weighted by atomic mass is 10.1. The third-order valence-electron chi connectivity index (χ3n) is 3.41. The van der Waals surface area contributed by atoms with E-state index in [1.54, 1.807) is 0 Å². The van der Waals surface area contributed by atoms with Crippen LogP contribution in [0.2, 0.25) is 0 Å². The topological polar surface area (TPSA) is 71.5 Å². The number of nitro groups is 1. The van der Waals surface area contributed by atoms with Crippen LogP contribution in [-0.2, 0) is 0 Å². The molecular formula is C14H15N3O3. The summed E-state index contributed by atoms with van der Waals surface area (Å²) in [5.74, 6) is 0.569. The van der Waals surface area contributed by atoms with E-state index in [-0.39, 0.29) is 10.6 Å². The van der Waals surface area contributed by atoms with Gasteiger partial charge in [0.2, 0.25) is 0 Å². The third kappa shape index (κ3) is 2.25. The predicted octanol–water partition coefficient (Wildman–Crippen LogP) is 2.26. The van der Waals surface area contributed by atoms with Crippen LogP contribution in [0.15, 0.2) is 41.0 Å². The van der Waals surface area contributed by atoms with Crippen LogP contribution in [0.3, 0.4) is 0 Å². The molecule has 1 aromatic carbocycles. The maximum absolute atomic E-state index is 11.2. The van der Waals surface area contributed by atoms with E-state index in [0.717, 1.165) is 31.7 Å². The van der Waals surface area contributed by atoms with E-state index in [1.165, 1.54) is 6.26 Å². The van der Waals surface area contributed by atoms with Crippen molar-refractivity contribution in [3.8, 4) is 11.3 Å². The van der Waals surface area contributed by atoms with Crippen molar-refractivity contribution >= 4 is 11.4 Å². The van der Waals surface area contributed by atoms with Crippen molar-refractivity contribution in [3.63, 3.8) is 0 Å². The molecule has 20 heavy (non-hydrogen) atoms. The Bertz CT molecular complexity index is 603. The molecule has 0 radical (unpaired) electrons. The molecule has 6 heteroatoms. The molecule has 104 valence electrons. The van der Waals surface area contributed by atoms with Gasteiger partial charge in [-0.25, -0.2) is 0 Å². The van der Waals surface area contributed by atoms with Crippen molar-refractivity contribution < 1.29 is 9.34 Å². The molecule has 6 nitrogen and oxygen atoms in total. The number of anilines is 1. The Morgan fingerprint density at radius 1 is 1.20 bits per heavy atom. The number of rotatable bonds is 3. The first-order valence-electron chi connectivity index (χ1n) is 6.54. The number of nitrogens with one attached hydrogen (secondary N) is 1. The van der Waals surface area contributed by atoms with Crippen LogP contribution in [0.5, 0.6) is 0 Å². The molecule has 1 N–H and O–H groups in total. The molecule has 2 aromatic rings. The lowest BCUT2D eigenvalue weighted by Crippen LogP contribution is -2.43. The van der Waals surface area contributed by atoms with Crippen molar-refractivity contribution in [1.82, 2.24) is 5.32 Å². The Kier molecular flexibility index (Phi) is 3.39. The monoisotopic (exact) mass is 273 g/mol. The number of hydrogen-bond donors (Lipinski definition) is 1. The third-order valence-corrected chi connectivity index (χ3v) is 3.41. The van der Waals surface area contributed by atoms with Crippen LogP contribution >= 0.6 is 0 Å². The van der Waals surface area contributed by atoms with Crippen LogP contribution in [0, 0.1) is 10.1 Å². The van der Waals surface area contributed by atoms with Crippen molar-refractivity contribution in [2.45, 2.75) is 0 Å². The van der Waals surface area contributed by atoms with Crippen molar-refractivity contribution in [1.29, 1.82) is 0 Å². The molecule has 2 heterocycles. The molecule has 0 bridgehead atoms. The second-order valence-electron chi connectivity index (χ2n) is 4.66. The van der Waals surface area contributed by atoms with E-state index < -0.39 is 0 Å². The number of nitrogens with zero attached hydrogens (tertiary/aromatic N) is 2. The van der Waals surface area contributed by atoms with Gasteiger partial charge in [0.05, 0.1) is 4.92 Å². The van der Waals surface area contributed by atoms with E-state index in [9.17, 15) is 10.1 Å². The summed E-state index contributed by atoms with van der Waals surface area (Å²) in [5.41, 5.74) is 1.47. The van der Waals surface area contributed by atoms with E-state index in [1.807, 2.05) is 35.2 Å². The lowest BCUT2D eigenvalue weighted by Gasteiger charge is -2.28. The minimum absolute atomic E-state index is 0.0331. The van der Waals surface area contributed by atoms with Gasteiger partial charge in [-0.15, -0.1) is 0 Å². The molecule has 1 aromatic heterocycles. The van der Waals surface area contributed by atoms with E-state index in [2.05, 4.69) is 5.32 Å². The molecule has 0 amide bonds. The predicted molar refractivity (Wildman–Crippen MR) is 75.9 cm³/mol. The summed E-state index contributed by atoms with van der Waals surface area (Å²) >= 11 is 0. The van der Waals surface area contributed by atoms with Gasteiger partial charge in [-0.2, -0.15) is 0 Å². The summed E-state index contributed by atoms with van der Waals surface area (Å²) in [6.45, 7) is 3.10. The second kappa shape index (κ2) is 5.34. The van der Waals surface area contributed by atoms with Crippen molar-refractivity contribution in [2.75, 3.05) is 31.1 Å². The maximum Gasteiger partial charge on any atom is 0.331 e. The van der Waals surface area contributed by atoms with Crippen molar-refractivity contribution in [3.05, 3.63) is 46.7 Å². The first-order chi connectivity index (χ1) is 9.77. The highest BCUT2D eigenvalue weighted by Crippen LogP contribution is 2.40. The standard InChI is InChI=1S/C14H15N3O3/c18-17(19)12-10-20-14(11-4-2-1-3-5-11)13(12)16-8-6-15-7-9-16/h1-5,10,15H,6-9H2. The molecule has 3 rings (SSSR count). The average Bonchev–Trinajstić information content (AvgIpc) is 2.94. The number of hydrogen-bond acceptors (Lipinski definition) is 5. The van der Waals surface area contributed by atoms with Gasteiger partial charge in [0, 0.05) is 31.7 Å². The summed E-state index contributed by atoms with van der Waals surface area (Å²) in [4.78, 5) is 12.8. The molecule has 1 aliphatic heterocycles. The van der Waals surface area contributed by atoms with Gasteiger partial charge in [-0.1, -0.05) is 30.3 Å². The van der Waals surface area contributed by atoms with E-state index >= 15 is 0 Å². The summed E-state index contributed by atoms with van der Waals surface area (Å²) < 4.78 is 5.49. The van der Waals surface area contributed by atoms with Gasteiger partial charge in [0.1, 0.15) is 0 Å². The molecule has 1 fully saturated rings. The Hall–Kier alpha value is -2.34. The van der Waals surface area contributed by atoms with Gasteiger partial charge >= 0.3 is 5.69 Å². The highest BCUT2D eigenvalue weighted by molar-refractivity contribution is 5.81.